The monoisotopic (exact) mass is 424 g/mol. The maximum Gasteiger partial charge on any atom is 0.227 e. The molecule has 154 valence electrons. The second kappa shape index (κ2) is 9.37. The lowest BCUT2D eigenvalue weighted by molar-refractivity contribution is -0.138. The van der Waals surface area contributed by atoms with E-state index in [0.717, 1.165) is 22.5 Å². The van der Waals surface area contributed by atoms with Gasteiger partial charge in [0.1, 0.15) is 11.9 Å². The number of morpholine rings is 1. The Morgan fingerprint density at radius 3 is 2.70 bits per heavy atom. The van der Waals surface area contributed by atoms with E-state index in [1.54, 1.807) is 17.0 Å². The third kappa shape index (κ3) is 5.23. The number of ether oxygens (including phenoxy) is 1. The summed E-state index contributed by atoms with van der Waals surface area (Å²) in [6.45, 7) is 1.45. The molecule has 1 fully saturated rings. The fourth-order valence-corrected chi connectivity index (χ4v) is 3.79. The maximum absolute atomic E-state index is 13.1. The zero-order valence-electron chi connectivity index (χ0n) is 16.4. The zero-order valence-corrected chi connectivity index (χ0v) is 17.2. The van der Waals surface area contributed by atoms with Gasteiger partial charge in [-0.05, 0) is 47.5 Å². The van der Waals surface area contributed by atoms with Gasteiger partial charge < -0.3 is 9.64 Å². The molecule has 1 aliphatic rings. The first-order chi connectivity index (χ1) is 14.6. The number of hydrogen-bond donors (Lipinski definition) is 0. The van der Waals surface area contributed by atoms with Crippen molar-refractivity contribution in [3.8, 4) is 0 Å². The Kier molecular flexibility index (Phi) is 6.41. The summed E-state index contributed by atoms with van der Waals surface area (Å²) in [4.78, 5) is 19.3. The summed E-state index contributed by atoms with van der Waals surface area (Å²) in [7, 11) is 0. The van der Waals surface area contributed by atoms with E-state index in [1.165, 1.54) is 12.1 Å². The normalized spacial score (nSPS) is 16.5. The van der Waals surface area contributed by atoms with Crippen molar-refractivity contribution in [3.63, 3.8) is 0 Å². The molecule has 0 unspecified atom stereocenters. The van der Waals surface area contributed by atoms with Crippen LogP contribution in [0.1, 0.15) is 28.6 Å². The number of hydrogen-bond acceptors (Lipinski definition) is 3. The van der Waals surface area contributed by atoms with Crippen LogP contribution in [-0.2, 0) is 22.4 Å². The second-order valence-electron chi connectivity index (χ2n) is 7.36. The quantitative estimate of drug-likeness (QED) is 0.600. The summed E-state index contributed by atoms with van der Waals surface area (Å²) < 4.78 is 19.0. The molecular weight excluding hydrogens is 403 g/mol. The molecule has 0 saturated carbocycles. The highest BCUT2D eigenvalue weighted by Gasteiger charge is 2.26. The molecule has 1 atom stereocenters. The number of carbonyl (C=O) groups is 1. The molecule has 4 rings (SSSR count). The van der Waals surface area contributed by atoms with Crippen LogP contribution in [0.15, 0.2) is 66.7 Å². The highest BCUT2D eigenvalue weighted by atomic mass is 35.5. The topological polar surface area (TPSA) is 42.4 Å². The standard InChI is InChI=1S/C24H22ClFN2O2/c25-19-4-1-3-18(13-19)14-21-5-2-6-22(27-21)23-16-28(11-12-30-23)24(29)15-17-7-9-20(26)10-8-17/h1-10,13,23H,11-12,14-16H2/t23-/m1/s1. The Bertz CT molecular complexity index is 1030. The molecule has 1 saturated heterocycles. The molecule has 2 heterocycles. The van der Waals surface area contributed by atoms with Crippen molar-refractivity contribution in [3.05, 3.63) is 100 Å². The van der Waals surface area contributed by atoms with Crippen molar-refractivity contribution < 1.29 is 13.9 Å². The Morgan fingerprint density at radius 1 is 1.10 bits per heavy atom. The molecule has 1 amide bonds. The van der Waals surface area contributed by atoms with E-state index >= 15 is 0 Å². The van der Waals surface area contributed by atoms with E-state index in [9.17, 15) is 9.18 Å². The van der Waals surface area contributed by atoms with E-state index in [1.807, 2.05) is 42.5 Å². The molecule has 2 aromatic carbocycles. The number of carbonyl (C=O) groups excluding carboxylic acids is 1. The minimum Gasteiger partial charge on any atom is -0.368 e. The number of amides is 1. The van der Waals surface area contributed by atoms with Gasteiger partial charge in [-0.1, -0.05) is 41.9 Å². The van der Waals surface area contributed by atoms with Crippen LogP contribution >= 0.6 is 11.6 Å². The average Bonchev–Trinajstić information content (AvgIpc) is 2.76. The lowest BCUT2D eigenvalue weighted by atomic mass is 10.1. The predicted octanol–water partition coefficient (Wildman–Crippen LogP) is 4.61. The van der Waals surface area contributed by atoms with Gasteiger partial charge in [-0.25, -0.2) is 4.39 Å². The molecule has 0 N–H and O–H groups in total. The van der Waals surface area contributed by atoms with Gasteiger partial charge in [0.05, 0.1) is 25.3 Å². The van der Waals surface area contributed by atoms with E-state index in [-0.39, 0.29) is 24.2 Å². The van der Waals surface area contributed by atoms with E-state index < -0.39 is 0 Å². The Balaban J connectivity index is 1.42. The van der Waals surface area contributed by atoms with Crippen LogP contribution in [0.5, 0.6) is 0 Å². The summed E-state index contributed by atoms with van der Waals surface area (Å²) in [6, 6.07) is 19.6. The largest absolute Gasteiger partial charge is 0.368 e. The van der Waals surface area contributed by atoms with Gasteiger partial charge in [-0.2, -0.15) is 0 Å². The van der Waals surface area contributed by atoms with Crippen molar-refractivity contribution >= 4 is 17.5 Å². The average molecular weight is 425 g/mol. The Morgan fingerprint density at radius 2 is 1.90 bits per heavy atom. The Labute approximate surface area is 180 Å². The molecule has 1 aromatic heterocycles. The van der Waals surface area contributed by atoms with Crippen LogP contribution < -0.4 is 0 Å². The van der Waals surface area contributed by atoms with E-state index in [4.69, 9.17) is 21.3 Å². The Hall–Kier alpha value is -2.76. The van der Waals surface area contributed by atoms with Gasteiger partial charge in [0.25, 0.3) is 0 Å². The molecule has 0 radical (unpaired) electrons. The van der Waals surface area contributed by atoms with Crippen LogP contribution in [0.2, 0.25) is 5.02 Å². The lowest BCUT2D eigenvalue weighted by Gasteiger charge is -2.33. The van der Waals surface area contributed by atoms with Gasteiger partial charge >= 0.3 is 0 Å². The van der Waals surface area contributed by atoms with E-state index in [2.05, 4.69) is 0 Å². The smallest absolute Gasteiger partial charge is 0.227 e. The van der Waals surface area contributed by atoms with Crippen LogP contribution in [0, 0.1) is 5.82 Å². The van der Waals surface area contributed by atoms with Gasteiger partial charge in [0, 0.05) is 23.7 Å². The number of halogens is 2. The minimum absolute atomic E-state index is 0.00462. The number of rotatable bonds is 5. The van der Waals surface area contributed by atoms with Crippen molar-refractivity contribution in [2.45, 2.75) is 18.9 Å². The van der Waals surface area contributed by atoms with Crippen molar-refractivity contribution in [1.29, 1.82) is 0 Å². The van der Waals surface area contributed by atoms with Gasteiger partial charge in [0.15, 0.2) is 0 Å². The number of pyridine rings is 1. The first-order valence-electron chi connectivity index (χ1n) is 9.91. The summed E-state index contributed by atoms with van der Waals surface area (Å²) in [5, 5.41) is 0.703. The lowest BCUT2D eigenvalue weighted by Crippen LogP contribution is -2.43. The highest BCUT2D eigenvalue weighted by molar-refractivity contribution is 6.30. The van der Waals surface area contributed by atoms with Crippen LogP contribution in [0.3, 0.4) is 0 Å². The maximum atomic E-state index is 13.1. The fourth-order valence-electron chi connectivity index (χ4n) is 3.58. The summed E-state index contributed by atoms with van der Waals surface area (Å²) in [5.41, 5.74) is 3.63. The third-order valence-corrected chi connectivity index (χ3v) is 5.36. The predicted molar refractivity (Wildman–Crippen MR) is 114 cm³/mol. The number of nitrogens with zero attached hydrogens (tertiary/aromatic N) is 2. The highest BCUT2D eigenvalue weighted by Crippen LogP contribution is 2.22. The first-order valence-corrected chi connectivity index (χ1v) is 10.3. The van der Waals surface area contributed by atoms with Crippen molar-refractivity contribution in [1.82, 2.24) is 9.88 Å². The second-order valence-corrected chi connectivity index (χ2v) is 7.80. The molecule has 3 aromatic rings. The van der Waals surface area contributed by atoms with Gasteiger partial charge in [-0.15, -0.1) is 0 Å². The van der Waals surface area contributed by atoms with Crippen molar-refractivity contribution in [2.75, 3.05) is 19.7 Å². The minimum atomic E-state index is -0.304. The molecule has 6 heteroatoms. The van der Waals surface area contributed by atoms with Gasteiger partial charge in [0.2, 0.25) is 5.91 Å². The van der Waals surface area contributed by atoms with Crippen molar-refractivity contribution in [2.24, 2.45) is 0 Å². The summed E-state index contributed by atoms with van der Waals surface area (Å²) in [6.07, 6.45) is 0.652. The van der Waals surface area contributed by atoms with Crippen LogP contribution in [0.25, 0.3) is 0 Å². The third-order valence-electron chi connectivity index (χ3n) is 5.12. The molecule has 0 spiro atoms. The molecule has 30 heavy (non-hydrogen) atoms. The molecule has 1 aliphatic heterocycles. The van der Waals surface area contributed by atoms with Gasteiger partial charge in [-0.3, -0.25) is 9.78 Å². The molecule has 0 bridgehead atoms. The molecule has 0 aliphatic carbocycles. The zero-order chi connectivity index (χ0) is 20.9. The number of aromatic nitrogens is 1. The first kappa shape index (κ1) is 20.5. The molecule has 4 nitrogen and oxygen atoms in total. The van der Waals surface area contributed by atoms with Crippen LogP contribution in [-0.4, -0.2) is 35.5 Å². The van der Waals surface area contributed by atoms with E-state index in [0.29, 0.717) is 31.1 Å². The molecular formula is C24H22ClFN2O2. The number of benzene rings is 2. The summed E-state index contributed by atoms with van der Waals surface area (Å²) in [5.74, 6) is -0.300. The fraction of sp³-hybridized carbons (Fsp3) is 0.250. The summed E-state index contributed by atoms with van der Waals surface area (Å²) >= 11 is 6.08. The SMILES string of the molecule is O=C(Cc1ccc(F)cc1)N1CCO[C@@H](c2cccc(Cc3cccc(Cl)c3)n2)C1. The van der Waals surface area contributed by atoms with Crippen LogP contribution in [0.4, 0.5) is 4.39 Å².